The van der Waals surface area contributed by atoms with Crippen molar-refractivity contribution in [2.75, 3.05) is 13.7 Å². The highest BCUT2D eigenvalue weighted by molar-refractivity contribution is 5.97. The van der Waals surface area contributed by atoms with Crippen molar-refractivity contribution in [2.24, 2.45) is 0 Å². The maximum Gasteiger partial charge on any atom is 0.270 e. The van der Waals surface area contributed by atoms with Crippen LogP contribution in [0.25, 0.3) is 0 Å². The Hall–Kier alpha value is -2.89. The molecule has 2 aromatic carbocycles. The monoisotopic (exact) mass is 340 g/mol. The van der Waals surface area contributed by atoms with Crippen molar-refractivity contribution >= 4 is 11.6 Å². The molecule has 25 heavy (non-hydrogen) atoms. The number of nitrogens with one attached hydrogen (secondary N) is 1. The third kappa shape index (κ3) is 3.63. The number of rotatable bonds is 5. The van der Waals surface area contributed by atoms with E-state index in [-0.39, 0.29) is 23.1 Å². The lowest BCUT2D eigenvalue weighted by Gasteiger charge is -2.25. The zero-order chi connectivity index (χ0) is 17.8. The molecule has 1 N–H and O–H groups in total. The Bertz CT molecular complexity index is 804. The number of amides is 1. The molecule has 1 amide bonds. The average molecular weight is 340 g/mol. The van der Waals surface area contributed by atoms with Crippen molar-refractivity contribution in [2.45, 2.75) is 25.2 Å². The summed E-state index contributed by atoms with van der Waals surface area (Å²) in [5.74, 6) is 0.231. The highest BCUT2D eigenvalue weighted by atomic mass is 16.6. The number of aryl methyl sites for hydroxylation is 1. The Balaban J connectivity index is 1.75. The molecule has 6 nitrogen and oxygen atoms in total. The first-order valence-corrected chi connectivity index (χ1v) is 8.28. The van der Waals surface area contributed by atoms with E-state index in [0.717, 1.165) is 19.3 Å². The van der Waals surface area contributed by atoms with Gasteiger partial charge in [0.2, 0.25) is 0 Å². The summed E-state index contributed by atoms with van der Waals surface area (Å²) in [4.78, 5) is 23.0. The number of nitro groups is 1. The fourth-order valence-electron chi connectivity index (χ4n) is 3.36. The van der Waals surface area contributed by atoms with Crippen molar-refractivity contribution < 1.29 is 14.5 Å². The minimum absolute atomic E-state index is 0.131. The molecule has 0 aliphatic heterocycles. The Kier molecular flexibility index (Phi) is 4.97. The normalized spacial score (nSPS) is 16.0. The molecule has 130 valence electrons. The van der Waals surface area contributed by atoms with E-state index in [0.29, 0.717) is 12.3 Å². The molecule has 1 atom stereocenters. The SMILES string of the molecule is COc1ccc([N+](=O)[O-])cc1C(=O)NC[C@@H]1CCCc2ccccc21. The van der Waals surface area contributed by atoms with Crippen molar-refractivity contribution in [3.63, 3.8) is 0 Å². The van der Waals surface area contributed by atoms with Crippen LogP contribution in [0.3, 0.4) is 0 Å². The molecule has 0 saturated carbocycles. The topological polar surface area (TPSA) is 81.5 Å². The summed E-state index contributed by atoms with van der Waals surface area (Å²) in [7, 11) is 1.44. The summed E-state index contributed by atoms with van der Waals surface area (Å²) in [6.45, 7) is 0.502. The first kappa shape index (κ1) is 17.0. The second-order valence-electron chi connectivity index (χ2n) is 6.14. The summed E-state index contributed by atoms with van der Waals surface area (Å²) in [6.07, 6.45) is 3.18. The van der Waals surface area contributed by atoms with Crippen LogP contribution < -0.4 is 10.1 Å². The highest BCUT2D eigenvalue weighted by Crippen LogP contribution is 2.31. The second kappa shape index (κ2) is 7.34. The van der Waals surface area contributed by atoms with E-state index in [1.54, 1.807) is 0 Å². The molecule has 0 radical (unpaired) electrons. The molecule has 0 saturated heterocycles. The maximum atomic E-state index is 12.5. The molecule has 0 heterocycles. The largest absolute Gasteiger partial charge is 0.496 e. The van der Waals surface area contributed by atoms with Gasteiger partial charge in [-0.3, -0.25) is 14.9 Å². The number of hydrogen-bond donors (Lipinski definition) is 1. The Morgan fingerprint density at radius 2 is 2.12 bits per heavy atom. The molecule has 0 unspecified atom stereocenters. The van der Waals surface area contributed by atoms with Crippen LogP contribution in [0.5, 0.6) is 5.75 Å². The molecule has 0 spiro atoms. The molecule has 2 aromatic rings. The van der Waals surface area contributed by atoms with E-state index in [4.69, 9.17) is 4.74 Å². The number of hydrogen-bond acceptors (Lipinski definition) is 4. The van der Waals surface area contributed by atoms with Gasteiger partial charge >= 0.3 is 0 Å². The van der Waals surface area contributed by atoms with Crippen LogP contribution in [-0.4, -0.2) is 24.5 Å². The van der Waals surface area contributed by atoms with E-state index in [9.17, 15) is 14.9 Å². The van der Waals surface area contributed by atoms with Crippen LogP contribution in [0.4, 0.5) is 5.69 Å². The third-order valence-corrected chi connectivity index (χ3v) is 4.64. The van der Waals surface area contributed by atoms with E-state index >= 15 is 0 Å². The van der Waals surface area contributed by atoms with Gasteiger partial charge in [-0.05, 0) is 36.5 Å². The van der Waals surface area contributed by atoms with Gasteiger partial charge in [-0.25, -0.2) is 0 Å². The standard InChI is InChI=1S/C19H20N2O4/c1-25-18-10-9-15(21(23)24)11-17(18)19(22)20-12-14-7-4-6-13-5-2-3-8-16(13)14/h2-3,5,8-11,14H,4,6-7,12H2,1H3,(H,20,22)/t14-/m0/s1. The van der Waals surface area contributed by atoms with E-state index < -0.39 is 4.92 Å². The number of non-ortho nitro benzene ring substituents is 1. The lowest BCUT2D eigenvalue weighted by atomic mass is 9.83. The first-order valence-electron chi connectivity index (χ1n) is 8.28. The zero-order valence-corrected chi connectivity index (χ0v) is 14.0. The number of benzene rings is 2. The molecular weight excluding hydrogens is 320 g/mol. The summed E-state index contributed by atoms with van der Waals surface area (Å²) < 4.78 is 5.17. The number of nitro benzene ring substituents is 1. The summed E-state index contributed by atoms with van der Waals surface area (Å²) in [5, 5.41) is 13.9. The summed E-state index contributed by atoms with van der Waals surface area (Å²) >= 11 is 0. The molecular formula is C19H20N2O4. The van der Waals surface area contributed by atoms with Crippen molar-refractivity contribution in [3.8, 4) is 5.75 Å². The summed E-state index contributed by atoms with van der Waals surface area (Å²) in [6, 6.07) is 12.3. The van der Waals surface area contributed by atoms with Gasteiger partial charge in [0.05, 0.1) is 17.6 Å². The van der Waals surface area contributed by atoms with Crippen molar-refractivity contribution in [1.82, 2.24) is 5.32 Å². The fraction of sp³-hybridized carbons (Fsp3) is 0.316. The van der Waals surface area contributed by atoms with Gasteiger partial charge in [-0.1, -0.05) is 24.3 Å². The van der Waals surface area contributed by atoms with Gasteiger partial charge in [0.1, 0.15) is 5.75 Å². The smallest absolute Gasteiger partial charge is 0.270 e. The van der Waals surface area contributed by atoms with Crippen molar-refractivity contribution in [3.05, 3.63) is 69.3 Å². The summed E-state index contributed by atoms with van der Waals surface area (Å²) in [5.41, 5.74) is 2.66. The fourth-order valence-corrected chi connectivity index (χ4v) is 3.36. The Morgan fingerprint density at radius 3 is 2.88 bits per heavy atom. The Labute approximate surface area is 146 Å². The van der Waals surface area contributed by atoms with Gasteiger partial charge < -0.3 is 10.1 Å². The molecule has 0 bridgehead atoms. The predicted molar refractivity (Wildman–Crippen MR) is 94.1 cm³/mol. The van der Waals surface area contributed by atoms with Crippen molar-refractivity contribution in [1.29, 1.82) is 0 Å². The zero-order valence-electron chi connectivity index (χ0n) is 14.0. The number of ether oxygens (including phenoxy) is 1. The predicted octanol–water partition coefficient (Wildman–Crippen LogP) is 3.45. The lowest BCUT2D eigenvalue weighted by Crippen LogP contribution is -2.30. The maximum absolute atomic E-state index is 12.5. The van der Waals surface area contributed by atoms with Crippen LogP contribution in [-0.2, 0) is 6.42 Å². The molecule has 6 heteroatoms. The third-order valence-electron chi connectivity index (χ3n) is 4.64. The van der Waals surface area contributed by atoms with Crippen LogP contribution in [0.2, 0.25) is 0 Å². The average Bonchev–Trinajstić information content (AvgIpc) is 2.65. The van der Waals surface area contributed by atoms with Gasteiger partial charge in [0.25, 0.3) is 11.6 Å². The molecule has 0 fully saturated rings. The van der Waals surface area contributed by atoms with Gasteiger partial charge in [0, 0.05) is 24.6 Å². The van der Waals surface area contributed by atoms with Gasteiger partial charge in [-0.2, -0.15) is 0 Å². The first-order chi connectivity index (χ1) is 12.1. The van der Waals surface area contributed by atoms with E-state index in [1.807, 2.05) is 12.1 Å². The second-order valence-corrected chi connectivity index (χ2v) is 6.14. The van der Waals surface area contributed by atoms with Gasteiger partial charge in [-0.15, -0.1) is 0 Å². The molecule has 3 rings (SSSR count). The lowest BCUT2D eigenvalue weighted by molar-refractivity contribution is -0.384. The quantitative estimate of drug-likeness (QED) is 0.667. The number of nitrogens with zero attached hydrogens (tertiary/aromatic N) is 1. The molecule has 1 aliphatic carbocycles. The molecule has 0 aromatic heterocycles. The van der Waals surface area contributed by atoms with Crippen LogP contribution in [0.1, 0.15) is 40.2 Å². The van der Waals surface area contributed by atoms with Crippen LogP contribution >= 0.6 is 0 Å². The number of methoxy groups -OCH3 is 1. The van der Waals surface area contributed by atoms with E-state index in [2.05, 4.69) is 17.4 Å². The number of carbonyl (C=O) groups excluding carboxylic acids is 1. The van der Waals surface area contributed by atoms with Crippen LogP contribution in [0.15, 0.2) is 42.5 Å². The minimum atomic E-state index is -0.520. The number of fused-ring (bicyclic) bond motifs is 1. The van der Waals surface area contributed by atoms with E-state index in [1.165, 1.54) is 36.4 Å². The molecule has 1 aliphatic rings. The highest BCUT2D eigenvalue weighted by Gasteiger charge is 2.22. The van der Waals surface area contributed by atoms with Gasteiger partial charge in [0.15, 0.2) is 0 Å². The number of carbonyl (C=O) groups is 1. The minimum Gasteiger partial charge on any atom is -0.496 e. The van der Waals surface area contributed by atoms with Crippen LogP contribution in [0, 0.1) is 10.1 Å². The Morgan fingerprint density at radius 1 is 1.32 bits per heavy atom.